The van der Waals surface area contributed by atoms with Gasteiger partial charge in [0.1, 0.15) is 0 Å². The van der Waals surface area contributed by atoms with Crippen molar-refractivity contribution in [2.24, 2.45) is 0 Å². The Labute approximate surface area is 61.9 Å². The predicted molar refractivity (Wildman–Crippen MR) is 37.9 cm³/mol. The first-order valence-electron chi connectivity index (χ1n) is 3.19. The van der Waals surface area contributed by atoms with Crippen molar-refractivity contribution in [1.29, 1.82) is 0 Å². The Hall–Kier alpha value is -1.52. The van der Waals surface area contributed by atoms with Gasteiger partial charge in [0.15, 0.2) is 0 Å². The first-order chi connectivity index (χ1) is 5.15. The lowest BCUT2D eigenvalue weighted by molar-refractivity contribution is 0.160. The number of hydrogen-bond donors (Lipinski definition) is 2. The molecule has 0 bridgehead atoms. The smallest absolute Gasteiger partial charge is 0.361 e. The Kier molecular flexibility index (Phi) is 1.80. The van der Waals surface area contributed by atoms with Gasteiger partial charge in [-0.3, -0.25) is 9.78 Å². The Morgan fingerprint density at radius 1 is 1.64 bits per heavy atom. The fourth-order valence-corrected chi connectivity index (χ4v) is 0.789. The highest BCUT2D eigenvalue weighted by Crippen LogP contribution is 1.87. The number of aromatic amines is 1. The molecule has 0 fully saturated rings. The summed E-state index contributed by atoms with van der Waals surface area (Å²) >= 11 is 0. The van der Waals surface area contributed by atoms with E-state index in [9.17, 15) is 9.59 Å². The highest BCUT2D eigenvalue weighted by molar-refractivity contribution is 4.98. The molecule has 0 saturated carbocycles. The Morgan fingerprint density at radius 3 is 2.82 bits per heavy atom. The summed E-state index contributed by atoms with van der Waals surface area (Å²) in [5.41, 5.74) is -0.981. The van der Waals surface area contributed by atoms with Gasteiger partial charge in [-0.15, -0.1) is 4.73 Å². The minimum Gasteiger partial charge on any atom is -0.424 e. The van der Waals surface area contributed by atoms with Crippen LogP contribution in [0.15, 0.2) is 15.7 Å². The van der Waals surface area contributed by atoms with E-state index >= 15 is 0 Å². The molecule has 60 valence electrons. The van der Waals surface area contributed by atoms with Crippen molar-refractivity contribution in [3.63, 3.8) is 0 Å². The van der Waals surface area contributed by atoms with Gasteiger partial charge in [0.25, 0.3) is 5.56 Å². The minimum absolute atomic E-state index is 0.304. The SMILES string of the molecule is CCc1cc(=O)[nH]c(=O)n1O. The van der Waals surface area contributed by atoms with E-state index in [1.54, 1.807) is 6.92 Å². The van der Waals surface area contributed by atoms with Crippen molar-refractivity contribution < 1.29 is 5.21 Å². The lowest BCUT2D eigenvalue weighted by atomic mass is 10.3. The highest BCUT2D eigenvalue weighted by Gasteiger charge is 2.00. The van der Waals surface area contributed by atoms with E-state index in [0.717, 1.165) is 0 Å². The average molecular weight is 156 g/mol. The number of aryl methyl sites for hydroxylation is 1. The second-order valence-electron chi connectivity index (χ2n) is 2.10. The molecule has 0 spiro atoms. The molecule has 0 aliphatic rings. The fourth-order valence-electron chi connectivity index (χ4n) is 0.789. The summed E-state index contributed by atoms with van der Waals surface area (Å²) in [5.74, 6) is 0. The predicted octanol–water partition coefficient (Wildman–Crippen LogP) is -0.664. The third-order valence-corrected chi connectivity index (χ3v) is 1.35. The standard InChI is InChI=1S/C6H8N2O3/c1-2-4-3-5(9)7-6(10)8(4)11/h3,11H,2H2,1H3,(H,7,9,10). The van der Waals surface area contributed by atoms with E-state index < -0.39 is 11.2 Å². The molecule has 0 aliphatic carbocycles. The molecule has 1 aromatic heterocycles. The van der Waals surface area contributed by atoms with Crippen LogP contribution in [0.2, 0.25) is 0 Å². The summed E-state index contributed by atoms with van der Waals surface area (Å²) in [6.45, 7) is 1.74. The van der Waals surface area contributed by atoms with Crippen molar-refractivity contribution in [2.75, 3.05) is 0 Å². The van der Waals surface area contributed by atoms with Crippen molar-refractivity contribution in [3.8, 4) is 0 Å². The molecule has 5 nitrogen and oxygen atoms in total. The lowest BCUT2D eigenvalue weighted by Gasteiger charge is -1.99. The number of hydrogen-bond acceptors (Lipinski definition) is 3. The number of aromatic nitrogens is 2. The third-order valence-electron chi connectivity index (χ3n) is 1.35. The van der Waals surface area contributed by atoms with Crippen LogP contribution in [0.3, 0.4) is 0 Å². The van der Waals surface area contributed by atoms with Crippen molar-refractivity contribution in [3.05, 3.63) is 32.6 Å². The summed E-state index contributed by atoms with van der Waals surface area (Å²) in [6.07, 6.45) is 0.440. The second kappa shape index (κ2) is 2.61. The molecule has 1 rings (SSSR count). The summed E-state index contributed by atoms with van der Waals surface area (Å²) in [7, 11) is 0. The lowest BCUT2D eigenvalue weighted by Crippen LogP contribution is -2.30. The van der Waals surface area contributed by atoms with E-state index in [2.05, 4.69) is 0 Å². The van der Waals surface area contributed by atoms with Crippen LogP contribution in [0.5, 0.6) is 0 Å². The second-order valence-corrected chi connectivity index (χ2v) is 2.10. The number of H-pyrrole nitrogens is 1. The van der Waals surface area contributed by atoms with Crippen LogP contribution in [0.1, 0.15) is 12.6 Å². The van der Waals surface area contributed by atoms with E-state index in [0.29, 0.717) is 16.8 Å². The third kappa shape index (κ3) is 1.31. The molecule has 1 heterocycles. The van der Waals surface area contributed by atoms with Crippen LogP contribution in [0.25, 0.3) is 0 Å². The zero-order valence-corrected chi connectivity index (χ0v) is 6.00. The molecule has 0 atom stereocenters. The molecule has 2 N–H and O–H groups in total. The number of rotatable bonds is 1. The maximum absolute atomic E-state index is 10.7. The molecule has 0 aliphatic heterocycles. The number of nitrogens with one attached hydrogen (secondary N) is 1. The van der Waals surface area contributed by atoms with Crippen LogP contribution < -0.4 is 11.2 Å². The summed E-state index contributed by atoms with van der Waals surface area (Å²) in [6, 6.07) is 1.18. The van der Waals surface area contributed by atoms with E-state index in [1.165, 1.54) is 6.07 Å². The van der Waals surface area contributed by atoms with Gasteiger partial charge < -0.3 is 5.21 Å². The van der Waals surface area contributed by atoms with E-state index in [4.69, 9.17) is 5.21 Å². The van der Waals surface area contributed by atoms with E-state index in [1.807, 2.05) is 4.98 Å². The quantitative estimate of drug-likeness (QED) is 0.530. The monoisotopic (exact) mass is 156 g/mol. The molecule has 0 unspecified atom stereocenters. The van der Waals surface area contributed by atoms with Crippen LogP contribution in [0, 0.1) is 0 Å². The molecular formula is C6H8N2O3. The highest BCUT2D eigenvalue weighted by atomic mass is 16.5. The van der Waals surface area contributed by atoms with Crippen molar-refractivity contribution in [2.45, 2.75) is 13.3 Å². The van der Waals surface area contributed by atoms with Crippen molar-refractivity contribution in [1.82, 2.24) is 9.71 Å². The molecule has 0 radical (unpaired) electrons. The maximum Gasteiger partial charge on any atom is 0.361 e. The Bertz CT molecular complexity index is 363. The summed E-state index contributed by atoms with van der Waals surface area (Å²) in [4.78, 5) is 23.2. The van der Waals surface area contributed by atoms with Gasteiger partial charge in [0, 0.05) is 6.07 Å². The topological polar surface area (TPSA) is 75.1 Å². The van der Waals surface area contributed by atoms with Crippen LogP contribution in [-0.2, 0) is 6.42 Å². The van der Waals surface area contributed by atoms with Gasteiger partial charge in [0.2, 0.25) is 0 Å². The molecule has 5 heteroatoms. The first kappa shape index (κ1) is 7.59. The average Bonchev–Trinajstić information content (AvgIpc) is 1.96. The van der Waals surface area contributed by atoms with Gasteiger partial charge in [-0.05, 0) is 6.42 Å². The van der Waals surface area contributed by atoms with Crippen LogP contribution in [0.4, 0.5) is 0 Å². The van der Waals surface area contributed by atoms with Gasteiger partial charge in [-0.25, -0.2) is 4.79 Å². The van der Waals surface area contributed by atoms with Crippen LogP contribution in [-0.4, -0.2) is 14.9 Å². The number of nitrogens with zero attached hydrogens (tertiary/aromatic N) is 1. The van der Waals surface area contributed by atoms with Gasteiger partial charge in [0.05, 0.1) is 5.69 Å². The Morgan fingerprint density at radius 2 is 2.27 bits per heavy atom. The minimum atomic E-state index is -0.797. The molecule has 0 saturated heterocycles. The van der Waals surface area contributed by atoms with Gasteiger partial charge in [-0.1, -0.05) is 6.92 Å². The fraction of sp³-hybridized carbons (Fsp3) is 0.333. The van der Waals surface area contributed by atoms with Crippen LogP contribution >= 0.6 is 0 Å². The largest absolute Gasteiger partial charge is 0.424 e. The Balaban J connectivity index is 3.49. The summed E-state index contributed by atoms with van der Waals surface area (Å²) < 4.78 is 0.432. The maximum atomic E-state index is 10.7. The molecule has 0 amide bonds. The zero-order valence-electron chi connectivity index (χ0n) is 6.00. The molecular weight excluding hydrogens is 148 g/mol. The molecule has 1 aromatic rings. The normalized spacial score (nSPS) is 9.91. The van der Waals surface area contributed by atoms with Gasteiger partial charge >= 0.3 is 5.69 Å². The molecule has 0 aromatic carbocycles. The first-order valence-corrected chi connectivity index (χ1v) is 3.19. The van der Waals surface area contributed by atoms with Crippen molar-refractivity contribution >= 4 is 0 Å². The molecule has 11 heavy (non-hydrogen) atoms. The summed E-state index contributed by atoms with van der Waals surface area (Å²) in [5, 5.41) is 8.96. The zero-order chi connectivity index (χ0) is 8.43. The van der Waals surface area contributed by atoms with Gasteiger partial charge in [-0.2, -0.15) is 0 Å². The van der Waals surface area contributed by atoms with E-state index in [-0.39, 0.29) is 0 Å².